The largest absolute Gasteiger partial charge is 0.455 e. The van der Waals surface area contributed by atoms with Crippen molar-refractivity contribution in [3.05, 3.63) is 57.1 Å². The Kier molecular flexibility index (Phi) is 6.52. The number of ether oxygens (including phenoxy) is 1. The summed E-state index contributed by atoms with van der Waals surface area (Å²) in [6.07, 6.45) is 0. The maximum Gasteiger partial charge on any atom is 0.350 e. The molecule has 2 aromatic carbocycles. The average Bonchev–Trinajstić information content (AvgIpc) is 3.21. The van der Waals surface area contributed by atoms with Gasteiger partial charge in [-0.1, -0.05) is 34.6 Å². The van der Waals surface area contributed by atoms with Gasteiger partial charge in [0.1, 0.15) is 26.8 Å². The second kappa shape index (κ2) is 9.27. The molecule has 15 heteroatoms. The molecule has 0 saturated heterocycles. The van der Waals surface area contributed by atoms with Crippen LogP contribution in [-0.2, 0) is 14.9 Å². The summed E-state index contributed by atoms with van der Waals surface area (Å²) in [5, 5.41) is 20.2. The van der Waals surface area contributed by atoms with Crippen molar-refractivity contribution in [3.63, 3.8) is 0 Å². The normalized spacial score (nSPS) is 11.8. The van der Waals surface area contributed by atoms with Crippen LogP contribution < -0.4 is 5.84 Å². The molecule has 1 heterocycles. The van der Waals surface area contributed by atoms with Gasteiger partial charge in [0, 0.05) is 15.7 Å². The Morgan fingerprint density at radius 1 is 1.16 bits per heavy atom. The van der Waals surface area contributed by atoms with E-state index < -0.39 is 27.7 Å². The number of esters is 1. The third-order valence-corrected chi connectivity index (χ3v) is 5.58. The van der Waals surface area contributed by atoms with Crippen LogP contribution in [-0.4, -0.2) is 25.7 Å². The average molecular weight is 460 g/mol. The summed E-state index contributed by atoms with van der Waals surface area (Å²) >= 11 is 1.01. The van der Waals surface area contributed by atoms with E-state index in [2.05, 4.69) is 30.6 Å². The molecular formula is C16H12N8O5S2. The molecule has 0 spiro atoms. The standard InChI is InChI=1S/C16H12N8O5S2/c17-23-19-8-29-16(25)15-11(5-6-30-15)20-21-12-7-13(31(26,27)28)9-3-1-2-4-10(9)14(12)22-24-18/h1-7H,8H2,(H2,18,22)(H,26,27,28). The quantitative estimate of drug-likeness (QED) is 0.0948. The maximum absolute atomic E-state index is 12.1. The smallest absolute Gasteiger partial charge is 0.350 e. The second-order valence-electron chi connectivity index (χ2n) is 5.61. The number of thiophene rings is 1. The zero-order chi connectivity index (χ0) is 22.4. The van der Waals surface area contributed by atoms with E-state index in [9.17, 15) is 17.8 Å². The van der Waals surface area contributed by atoms with E-state index in [0.717, 1.165) is 17.4 Å². The number of nitrogens with two attached hydrogens (primary N) is 1. The minimum absolute atomic E-state index is 0.0693. The zero-order valence-corrected chi connectivity index (χ0v) is 17.0. The Labute approximate surface area is 178 Å². The lowest BCUT2D eigenvalue weighted by Gasteiger charge is -2.08. The predicted octanol–water partition coefficient (Wildman–Crippen LogP) is 4.95. The van der Waals surface area contributed by atoms with E-state index in [1.165, 1.54) is 12.1 Å². The van der Waals surface area contributed by atoms with E-state index in [-0.39, 0.29) is 27.3 Å². The van der Waals surface area contributed by atoms with E-state index >= 15 is 0 Å². The first-order valence-corrected chi connectivity index (χ1v) is 10.5. The van der Waals surface area contributed by atoms with Crippen molar-refractivity contribution in [2.75, 3.05) is 6.73 Å². The number of hydrogen-bond donors (Lipinski definition) is 2. The van der Waals surface area contributed by atoms with E-state index in [4.69, 9.17) is 16.1 Å². The first-order valence-electron chi connectivity index (χ1n) is 8.18. The molecule has 0 amide bonds. The third kappa shape index (κ3) is 4.81. The molecule has 3 aromatic rings. The van der Waals surface area contributed by atoms with Crippen LogP contribution in [0.15, 0.2) is 72.4 Å². The number of carbonyl (C=O) groups excluding carboxylic acids is 1. The van der Waals surface area contributed by atoms with Crippen molar-refractivity contribution in [1.82, 2.24) is 0 Å². The molecule has 1 aromatic heterocycles. The topological polar surface area (TPSA) is 205 Å². The molecule has 0 aliphatic rings. The molecule has 3 N–H and O–H groups in total. The lowest BCUT2D eigenvalue weighted by atomic mass is 10.1. The fourth-order valence-electron chi connectivity index (χ4n) is 2.59. The van der Waals surface area contributed by atoms with E-state index in [0.29, 0.717) is 5.39 Å². The Morgan fingerprint density at radius 3 is 2.55 bits per heavy atom. The minimum Gasteiger partial charge on any atom is -0.455 e. The highest BCUT2D eigenvalue weighted by atomic mass is 32.2. The van der Waals surface area contributed by atoms with Crippen molar-refractivity contribution in [2.24, 2.45) is 31.5 Å². The van der Waals surface area contributed by atoms with Crippen molar-refractivity contribution >= 4 is 55.3 Å². The molecule has 3 rings (SSSR count). The van der Waals surface area contributed by atoms with Gasteiger partial charge in [-0.15, -0.1) is 26.7 Å². The molecule has 0 aliphatic heterocycles. The molecule has 0 unspecified atom stereocenters. The highest BCUT2D eigenvalue weighted by molar-refractivity contribution is 7.86. The Balaban J connectivity index is 2.11. The predicted molar refractivity (Wildman–Crippen MR) is 110 cm³/mol. The molecule has 31 heavy (non-hydrogen) atoms. The number of rotatable bonds is 7. The van der Waals surface area contributed by atoms with Gasteiger partial charge < -0.3 is 10.6 Å². The summed E-state index contributed by atoms with van der Waals surface area (Å²) in [7, 11) is -4.61. The number of fused-ring (bicyclic) bond motifs is 1. The third-order valence-electron chi connectivity index (χ3n) is 3.81. The van der Waals surface area contributed by atoms with Gasteiger partial charge in [0.15, 0.2) is 6.73 Å². The molecule has 0 radical (unpaired) electrons. The minimum atomic E-state index is -4.61. The van der Waals surface area contributed by atoms with Crippen molar-refractivity contribution in [1.29, 1.82) is 0 Å². The molecule has 158 valence electrons. The zero-order valence-electron chi connectivity index (χ0n) is 15.4. The molecule has 0 bridgehead atoms. The molecular weight excluding hydrogens is 448 g/mol. The molecule has 13 nitrogen and oxygen atoms in total. The molecule has 0 saturated carbocycles. The number of benzene rings is 2. The maximum atomic E-state index is 12.1. The highest BCUT2D eigenvalue weighted by Crippen LogP contribution is 2.41. The van der Waals surface area contributed by atoms with Crippen LogP contribution in [0.5, 0.6) is 0 Å². The number of carbonyl (C=O) groups is 1. The first kappa shape index (κ1) is 21.8. The Morgan fingerprint density at radius 2 is 1.87 bits per heavy atom. The van der Waals surface area contributed by atoms with Crippen LogP contribution in [0.2, 0.25) is 0 Å². The van der Waals surface area contributed by atoms with Crippen molar-refractivity contribution in [2.45, 2.75) is 4.90 Å². The van der Waals surface area contributed by atoms with Gasteiger partial charge in [0.2, 0.25) is 0 Å². The lowest BCUT2D eigenvalue weighted by Crippen LogP contribution is -2.02. The van der Waals surface area contributed by atoms with Crippen LogP contribution in [0.1, 0.15) is 9.67 Å². The summed E-state index contributed by atoms with van der Waals surface area (Å²) < 4.78 is 38.2. The fourth-order valence-corrected chi connectivity index (χ4v) is 4.02. The van der Waals surface area contributed by atoms with Crippen LogP contribution in [0.25, 0.3) is 21.2 Å². The number of azide groups is 1. The van der Waals surface area contributed by atoms with Gasteiger partial charge in [-0.2, -0.15) is 8.42 Å². The fraction of sp³-hybridized carbons (Fsp3) is 0.0625. The highest BCUT2D eigenvalue weighted by Gasteiger charge is 2.20. The number of hydrogen-bond acceptors (Lipinski definition) is 10. The van der Waals surface area contributed by atoms with Gasteiger partial charge in [-0.25, -0.2) is 4.79 Å². The van der Waals surface area contributed by atoms with Gasteiger partial charge in [-0.05, 0) is 23.0 Å². The van der Waals surface area contributed by atoms with Crippen LogP contribution in [0.3, 0.4) is 0 Å². The van der Waals surface area contributed by atoms with Gasteiger partial charge in [0.05, 0.1) is 0 Å². The van der Waals surface area contributed by atoms with Crippen molar-refractivity contribution < 1.29 is 22.5 Å². The monoisotopic (exact) mass is 460 g/mol. The van der Waals surface area contributed by atoms with Gasteiger partial charge in [-0.3, -0.25) is 4.55 Å². The summed E-state index contributed by atoms with van der Waals surface area (Å²) in [6.45, 7) is -0.493. The van der Waals surface area contributed by atoms with E-state index in [1.54, 1.807) is 23.6 Å². The number of nitrogens with zero attached hydrogens (tertiary/aromatic N) is 7. The Bertz CT molecular complexity index is 1360. The number of azo groups is 1. The summed E-state index contributed by atoms with van der Waals surface area (Å²) in [5.41, 5.74) is 8.41. The first-order chi connectivity index (χ1) is 14.9. The van der Waals surface area contributed by atoms with Crippen LogP contribution in [0.4, 0.5) is 17.1 Å². The molecule has 0 fully saturated rings. The van der Waals surface area contributed by atoms with Crippen LogP contribution >= 0.6 is 11.3 Å². The lowest BCUT2D eigenvalue weighted by molar-refractivity contribution is 0.0522. The summed E-state index contributed by atoms with van der Waals surface area (Å²) in [5.74, 6) is 4.40. The SMILES string of the molecule is [N-]=[N+]=NCOC(=O)c1sccc1N=Nc1cc(S(=O)(=O)O)c2ccccc2c1N=NN. The summed E-state index contributed by atoms with van der Waals surface area (Å²) in [6, 6.07) is 8.79. The van der Waals surface area contributed by atoms with Gasteiger partial charge in [0.25, 0.3) is 10.1 Å². The summed E-state index contributed by atoms with van der Waals surface area (Å²) in [4.78, 5) is 14.2. The van der Waals surface area contributed by atoms with Crippen molar-refractivity contribution in [3.8, 4) is 0 Å². The van der Waals surface area contributed by atoms with Crippen LogP contribution in [0, 0.1) is 0 Å². The molecule has 0 atom stereocenters. The van der Waals surface area contributed by atoms with E-state index in [1.807, 2.05) is 0 Å². The van der Waals surface area contributed by atoms with Gasteiger partial charge >= 0.3 is 5.97 Å². The molecule has 0 aliphatic carbocycles. The second-order valence-corrected chi connectivity index (χ2v) is 7.91. The Hall–Kier alpha value is -3.91.